The molecule has 0 radical (unpaired) electrons. The van der Waals surface area contributed by atoms with Gasteiger partial charge in [-0.15, -0.1) is 0 Å². The Morgan fingerprint density at radius 3 is 2.56 bits per heavy atom. The average molecular weight is 339 g/mol. The van der Waals surface area contributed by atoms with Gasteiger partial charge in [0.2, 0.25) is 0 Å². The number of nitrogens with zero attached hydrogens (tertiary/aromatic N) is 2. The highest BCUT2D eigenvalue weighted by Crippen LogP contribution is 2.30. The number of aromatic nitrogens is 2. The number of ether oxygens (including phenoxy) is 1. The van der Waals surface area contributed by atoms with Crippen molar-refractivity contribution in [2.24, 2.45) is 12.8 Å². The first kappa shape index (κ1) is 17.2. The van der Waals surface area contributed by atoms with Crippen molar-refractivity contribution in [1.29, 1.82) is 0 Å². The summed E-state index contributed by atoms with van der Waals surface area (Å²) in [4.78, 5) is 0. The molecular weight excluding hydrogens is 317 g/mol. The van der Waals surface area contributed by atoms with Crippen LogP contribution in [0.4, 0.5) is 4.39 Å². The normalized spacial score (nSPS) is 12.2. The lowest BCUT2D eigenvalue weighted by atomic mass is 9.94. The molecule has 5 heteroatoms. The molecule has 1 unspecified atom stereocenters. The van der Waals surface area contributed by atoms with E-state index in [0.29, 0.717) is 13.2 Å². The molecule has 0 aliphatic carbocycles. The topological polar surface area (TPSA) is 53.1 Å². The van der Waals surface area contributed by atoms with Crippen molar-refractivity contribution in [3.05, 3.63) is 71.7 Å². The molecule has 4 nitrogen and oxygen atoms in total. The fourth-order valence-electron chi connectivity index (χ4n) is 2.99. The van der Waals surface area contributed by atoms with Gasteiger partial charge in [0.1, 0.15) is 0 Å². The van der Waals surface area contributed by atoms with Gasteiger partial charge in [-0.3, -0.25) is 4.68 Å². The summed E-state index contributed by atoms with van der Waals surface area (Å²) in [6.07, 6.45) is 0. The summed E-state index contributed by atoms with van der Waals surface area (Å²) in [7, 11) is 1.88. The molecule has 0 spiro atoms. The third kappa shape index (κ3) is 3.56. The highest BCUT2D eigenvalue weighted by molar-refractivity contribution is 5.59. The summed E-state index contributed by atoms with van der Waals surface area (Å²) >= 11 is 0. The first-order valence-corrected chi connectivity index (χ1v) is 8.35. The van der Waals surface area contributed by atoms with Crippen LogP contribution in [0.25, 0.3) is 11.3 Å². The van der Waals surface area contributed by atoms with Gasteiger partial charge in [-0.1, -0.05) is 36.4 Å². The van der Waals surface area contributed by atoms with Crippen molar-refractivity contribution < 1.29 is 9.13 Å². The molecule has 0 amide bonds. The minimum absolute atomic E-state index is 0.139. The molecule has 0 aliphatic heterocycles. The number of hydrogen-bond donors (Lipinski definition) is 1. The Kier molecular flexibility index (Phi) is 5.14. The lowest BCUT2D eigenvalue weighted by Gasteiger charge is -2.16. The van der Waals surface area contributed by atoms with Gasteiger partial charge in [-0.05, 0) is 30.7 Å². The molecule has 0 saturated carbocycles. The molecule has 0 saturated heterocycles. The van der Waals surface area contributed by atoms with E-state index in [1.165, 1.54) is 6.07 Å². The van der Waals surface area contributed by atoms with E-state index in [9.17, 15) is 4.39 Å². The van der Waals surface area contributed by atoms with Crippen LogP contribution in [0.15, 0.2) is 54.6 Å². The SMILES string of the molecule is CCOc1ccc(C(CN)c2cc(-c3ccccc3)nn2C)cc1F. The minimum atomic E-state index is -0.372. The molecule has 3 aromatic rings. The van der Waals surface area contributed by atoms with Gasteiger partial charge >= 0.3 is 0 Å². The van der Waals surface area contributed by atoms with Crippen LogP contribution in [-0.4, -0.2) is 22.9 Å². The van der Waals surface area contributed by atoms with Crippen LogP contribution < -0.4 is 10.5 Å². The Morgan fingerprint density at radius 1 is 1.16 bits per heavy atom. The number of nitrogens with two attached hydrogens (primary N) is 1. The summed E-state index contributed by atoms with van der Waals surface area (Å²) in [5, 5.41) is 4.59. The van der Waals surface area contributed by atoms with E-state index in [4.69, 9.17) is 10.5 Å². The summed E-state index contributed by atoms with van der Waals surface area (Å²) < 4.78 is 21.3. The lowest BCUT2D eigenvalue weighted by Crippen LogP contribution is -2.17. The molecule has 130 valence electrons. The predicted octanol–water partition coefficient (Wildman–Crippen LogP) is 3.72. The van der Waals surface area contributed by atoms with E-state index in [1.54, 1.807) is 6.07 Å². The van der Waals surface area contributed by atoms with Gasteiger partial charge in [0.15, 0.2) is 11.6 Å². The number of benzene rings is 2. The molecule has 2 aromatic carbocycles. The van der Waals surface area contributed by atoms with Gasteiger partial charge in [0.05, 0.1) is 12.3 Å². The van der Waals surface area contributed by atoms with Crippen molar-refractivity contribution >= 4 is 0 Å². The Morgan fingerprint density at radius 2 is 1.92 bits per heavy atom. The Balaban J connectivity index is 1.96. The molecule has 0 fully saturated rings. The molecule has 1 heterocycles. The monoisotopic (exact) mass is 339 g/mol. The van der Waals surface area contributed by atoms with Crippen molar-refractivity contribution in [3.63, 3.8) is 0 Å². The van der Waals surface area contributed by atoms with Crippen molar-refractivity contribution in [1.82, 2.24) is 9.78 Å². The molecule has 2 N–H and O–H groups in total. The second-order valence-electron chi connectivity index (χ2n) is 5.86. The van der Waals surface area contributed by atoms with E-state index >= 15 is 0 Å². The largest absolute Gasteiger partial charge is 0.491 e. The van der Waals surface area contributed by atoms with Crippen molar-refractivity contribution in [3.8, 4) is 17.0 Å². The summed E-state index contributed by atoms with van der Waals surface area (Å²) in [5.74, 6) is -0.250. The number of halogens is 1. The van der Waals surface area contributed by atoms with Gasteiger partial charge < -0.3 is 10.5 Å². The highest BCUT2D eigenvalue weighted by Gasteiger charge is 2.20. The number of rotatable bonds is 6. The van der Waals surface area contributed by atoms with Gasteiger partial charge in [0, 0.05) is 30.8 Å². The molecule has 1 aromatic heterocycles. The summed E-state index contributed by atoms with van der Waals surface area (Å²) in [6, 6.07) is 17.0. The maximum Gasteiger partial charge on any atom is 0.165 e. The summed E-state index contributed by atoms with van der Waals surface area (Å²) in [5.41, 5.74) is 9.68. The number of aryl methyl sites for hydroxylation is 1. The lowest BCUT2D eigenvalue weighted by molar-refractivity contribution is 0.321. The first-order chi connectivity index (χ1) is 12.1. The van der Waals surface area contributed by atoms with E-state index < -0.39 is 0 Å². The minimum Gasteiger partial charge on any atom is -0.491 e. The molecule has 0 aliphatic rings. The van der Waals surface area contributed by atoms with E-state index in [-0.39, 0.29) is 17.5 Å². The van der Waals surface area contributed by atoms with Crippen LogP contribution in [0.2, 0.25) is 0 Å². The molecule has 1 atom stereocenters. The van der Waals surface area contributed by atoms with Crippen LogP contribution in [0, 0.1) is 5.82 Å². The Labute approximate surface area is 147 Å². The van der Waals surface area contributed by atoms with Crippen molar-refractivity contribution in [2.45, 2.75) is 12.8 Å². The molecular formula is C20H22FN3O. The van der Waals surface area contributed by atoms with Gasteiger partial charge in [-0.2, -0.15) is 5.10 Å². The zero-order valence-electron chi connectivity index (χ0n) is 14.4. The van der Waals surface area contributed by atoms with Crippen LogP contribution >= 0.6 is 0 Å². The standard InChI is InChI=1S/C20H22FN3O/c1-3-25-20-10-9-15(11-17(20)21)16(13-22)19-12-18(23-24(19)2)14-7-5-4-6-8-14/h4-12,16H,3,13,22H2,1-2H3. The fraction of sp³-hybridized carbons (Fsp3) is 0.250. The zero-order chi connectivity index (χ0) is 17.8. The second kappa shape index (κ2) is 7.49. The van der Waals surface area contributed by atoms with Crippen molar-refractivity contribution in [2.75, 3.05) is 13.2 Å². The zero-order valence-corrected chi connectivity index (χ0v) is 14.4. The third-order valence-electron chi connectivity index (χ3n) is 4.24. The van der Waals surface area contributed by atoms with Gasteiger partial charge in [-0.25, -0.2) is 4.39 Å². The van der Waals surface area contributed by atoms with E-state index in [0.717, 1.165) is 22.5 Å². The molecule has 25 heavy (non-hydrogen) atoms. The Bertz CT molecular complexity index is 845. The quantitative estimate of drug-likeness (QED) is 0.745. The van der Waals surface area contributed by atoms with E-state index in [2.05, 4.69) is 5.10 Å². The predicted molar refractivity (Wildman–Crippen MR) is 97.1 cm³/mol. The van der Waals surface area contributed by atoms with E-state index in [1.807, 2.05) is 61.1 Å². The van der Waals surface area contributed by atoms with Crippen LogP contribution in [0.3, 0.4) is 0 Å². The maximum atomic E-state index is 14.2. The highest BCUT2D eigenvalue weighted by atomic mass is 19.1. The molecule has 0 bridgehead atoms. The average Bonchev–Trinajstić information content (AvgIpc) is 3.01. The maximum absolute atomic E-state index is 14.2. The first-order valence-electron chi connectivity index (χ1n) is 8.35. The molecule has 3 rings (SSSR count). The van der Waals surface area contributed by atoms with Crippen LogP contribution in [0.1, 0.15) is 24.1 Å². The third-order valence-corrected chi connectivity index (χ3v) is 4.24. The van der Waals surface area contributed by atoms with Gasteiger partial charge in [0.25, 0.3) is 0 Å². The Hall–Kier alpha value is -2.66. The van der Waals surface area contributed by atoms with Crippen LogP contribution in [-0.2, 0) is 7.05 Å². The van der Waals surface area contributed by atoms with Crippen LogP contribution in [0.5, 0.6) is 5.75 Å². The summed E-state index contributed by atoms with van der Waals surface area (Å²) in [6.45, 7) is 2.62. The number of hydrogen-bond acceptors (Lipinski definition) is 3. The smallest absolute Gasteiger partial charge is 0.165 e. The second-order valence-corrected chi connectivity index (χ2v) is 5.86. The fourth-order valence-corrected chi connectivity index (χ4v) is 2.99.